The number of nitriles is 1. The van der Waals surface area contributed by atoms with Gasteiger partial charge in [0.05, 0.1) is 11.5 Å². The molecule has 0 radical (unpaired) electrons. The van der Waals surface area contributed by atoms with Gasteiger partial charge in [-0.25, -0.2) is 0 Å². The van der Waals surface area contributed by atoms with Gasteiger partial charge in [0.1, 0.15) is 11.1 Å². The number of nitrogens with one attached hydrogen (secondary N) is 1. The van der Waals surface area contributed by atoms with Crippen LogP contribution in [0.3, 0.4) is 0 Å². The minimum Gasteiger partial charge on any atom is -0.316 e. The number of aryl methyl sites for hydroxylation is 1. The largest absolute Gasteiger partial charge is 0.316 e. The molecule has 0 bridgehead atoms. The third kappa shape index (κ3) is 3.20. The maximum atomic E-state index is 12.6. The average molecular weight is 312 g/mol. The zero-order valence-corrected chi connectivity index (χ0v) is 14.0. The molecule has 0 saturated carbocycles. The smallest absolute Gasteiger partial charge is 0.232 e. The number of rotatable bonds is 5. The van der Waals surface area contributed by atoms with E-state index in [0.717, 1.165) is 28.8 Å². The zero-order chi connectivity index (χ0) is 16.1. The van der Waals surface area contributed by atoms with Gasteiger partial charge in [-0.3, -0.25) is 4.79 Å². The average Bonchev–Trinajstić information content (AvgIpc) is 2.83. The molecule has 1 aromatic heterocycles. The van der Waals surface area contributed by atoms with Gasteiger partial charge >= 0.3 is 0 Å². The van der Waals surface area contributed by atoms with Crippen LogP contribution in [0.25, 0.3) is 0 Å². The summed E-state index contributed by atoms with van der Waals surface area (Å²) in [4.78, 5) is 13.7. The van der Waals surface area contributed by atoms with E-state index in [1.165, 1.54) is 11.3 Å². The van der Waals surface area contributed by atoms with Crippen molar-refractivity contribution in [3.8, 4) is 6.07 Å². The first-order valence-corrected chi connectivity index (χ1v) is 8.32. The number of benzene rings is 1. The second kappa shape index (κ2) is 7.24. The van der Waals surface area contributed by atoms with Crippen LogP contribution in [0.1, 0.15) is 47.8 Å². The summed E-state index contributed by atoms with van der Waals surface area (Å²) in [5, 5.41) is 13.0. The Labute approximate surface area is 135 Å². The molecule has 114 valence electrons. The van der Waals surface area contributed by atoms with Gasteiger partial charge in [0.2, 0.25) is 5.91 Å². The first-order valence-electron chi connectivity index (χ1n) is 7.50. The lowest BCUT2D eigenvalue weighted by molar-refractivity contribution is -0.117. The molecule has 0 aliphatic carbocycles. The zero-order valence-electron chi connectivity index (χ0n) is 13.1. The molecule has 1 heterocycles. The highest BCUT2D eigenvalue weighted by atomic mass is 32.1. The lowest BCUT2D eigenvalue weighted by atomic mass is 9.95. The highest BCUT2D eigenvalue weighted by Crippen LogP contribution is 2.34. The normalized spacial score (nSPS) is 11.7. The van der Waals surface area contributed by atoms with Gasteiger partial charge in [0.25, 0.3) is 0 Å². The maximum absolute atomic E-state index is 12.6. The molecule has 0 saturated heterocycles. The van der Waals surface area contributed by atoms with E-state index < -0.39 is 0 Å². The van der Waals surface area contributed by atoms with Crippen molar-refractivity contribution in [2.75, 3.05) is 5.32 Å². The summed E-state index contributed by atoms with van der Waals surface area (Å²) < 4.78 is 0. The van der Waals surface area contributed by atoms with E-state index in [0.29, 0.717) is 10.6 Å². The van der Waals surface area contributed by atoms with Crippen molar-refractivity contribution in [1.29, 1.82) is 5.26 Å². The first-order chi connectivity index (χ1) is 10.6. The second-order valence-corrected chi connectivity index (χ2v) is 6.39. The van der Waals surface area contributed by atoms with E-state index in [-0.39, 0.29) is 11.8 Å². The standard InChI is InChI=1S/C18H20N2OS/c1-4-14-12(3)22-18(16(14)11-19)20-17(21)15(5-2)13-9-7-6-8-10-13/h6-10,15H,4-5H2,1-3H3,(H,20,21)/t15-/m1/s1. The fraction of sp³-hybridized carbons (Fsp3) is 0.333. The molecule has 22 heavy (non-hydrogen) atoms. The van der Waals surface area contributed by atoms with Gasteiger partial charge in [-0.05, 0) is 30.9 Å². The Bertz CT molecular complexity index is 698. The second-order valence-electron chi connectivity index (χ2n) is 5.17. The van der Waals surface area contributed by atoms with Crippen molar-refractivity contribution < 1.29 is 4.79 Å². The van der Waals surface area contributed by atoms with E-state index >= 15 is 0 Å². The van der Waals surface area contributed by atoms with Gasteiger partial charge in [-0.1, -0.05) is 44.2 Å². The summed E-state index contributed by atoms with van der Waals surface area (Å²) in [6.45, 7) is 6.02. The van der Waals surface area contributed by atoms with Crippen molar-refractivity contribution in [2.45, 2.75) is 39.5 Å². The Morgan fingerprint density at radius 3 is 2.55 bits per heavy atom. The van der Waals surface area contributed by atoms with Crippen LogP contribution in [0.2, 0.25) is 0 Å². The SMILES string of the molecule is CCc1c(C)sc(NC(=O)[C@H](CC)c2ccccc2)c1C#N. The molecule has 4 heteroatoms. The quantitative estimate of drug-likeness (QED) is 0.875. The van der Waals surface area contributed by atoms with Crippen LogP contribution >= 0.6 is 11.3 Å². The molecule has 1 N–H and O–H groups in total. The Kier molecular flexibility index (Phi) is 5.35. The predicted molar refractivity (Wildman–Crippen MR) is 91.3 cm³/mol. The van der Waals surface area contributed by atoms with E-state index in [9.17, 15) is 10.1 Å². The number of nitrogens with zero attached hydrogens (tertiary/aromatic N) is 1. The molecule has 3 nitrogen and oxygen atoms in total. The van der Waals surface area contributed by atoms with Crippen molar-refractivity contribution in [3.63, 3.8) is 0 Å². The van der Waals surface area contributed by atoms with Crippen LogP contribution in [0.15, 0.2) is 30.3 Å². The highest BCUT2D eigenvalue weighted by Gasteiger charge is 2.22. The number of hydrogen-bond donors (Lipinski definition) is 1. The fourth-order valence-corrected chi connectivity index (χ4v) is 3.77. The summed E-state index contributed by atoms with van der Waals surface area (Å²) in [6, 6.07) is 12.0. The van der Waals surface area contributed by atoms with E-state index in [1.54, 1.807) is 0 Å². The highest BCUT2D eigenvalue weighted by molar-refractivity contribution is 7.16. The summed E-state index contributed by atoms with van der Waals surface area (Å²) in [7, 11) is 0. The summed E-state index contributed by atoms with van der Waals surface area (Å²) in [5.41, 5.74) is 2.65. The first kappa shape index (κ1) is 16.3. The summed E-state index contributed by atoms with van der Waals surface area (Å²) in [5.74, 6) is -0.241. The number of carbonyl (C=O) groups is 1. The molecule has 0 spiro atoms. The van der Waals surface area contributed by atoms with Crippen LogP contribution in [0, 0.1) is 18.3 Å². The van der Waals surface area contributed by atoms with Crippen LogP contribution in [0.5, 0.6) is 0 Å². The molecule has 0 aliphatic heterocycles. The molecule has 0 aliphatic rings. The van der Waals surface area contributed by atoms with Crippen molar-refractivity contribution in [1.82, 2.24) is 0 Å². The van der Waals surface area contributed by atoms with Crippen LogP contribution in [-0.2, 0) is 11.2 Å². The van der Waals surface area contributed by atoms with E-state index in [4.69, 9.17) is 0 Å². The van der Waals surface area contributed by atoms with E-state index in [2.05, 4.69) is 11.4 Å². The van der Waals surface area contributed by atoms with Gasteiger partial charge in [0, 0.05) is 4.88 Å². The minimum atomic E-state index is -0.194. The van der Waals surface area contributed by atoms with Gasteiger partial charge in [-0.2, -0.15) is 5.26 Å². The topological polar surface area (TPSA) is 52.9 Å². The van der Waals surface area contributed by atoms with Crippen LogP contribution in [-0.4, -0.2) is 5.91 Å². The van der Waals surface area contributed by atoms with Crippen molar-refractivity contribution >= 4 is 22.2 Å². The molecule has 1 amide bonds. The summed E-state index contributed by atoms with van der Waals surface area (Å²) >= 11 is 1.49. The monoisotopic (exact) mass is 312 g/mol. The van der Waals surface area contributed by atoms with Gasteiger partial charge < -0.3 is 5.32 Å². The number of thiophene rings is 1. The van der Waals surface area contributed by atoms with Gasteiger partial charge in [-0.15, -0.1) is 11.3 Å². The Balaban J connectivity index is 2.27. The number of hydrogen-bond acceptors (Lipinski definition) is 3. The van der Waals surface area contributed by atoms with Crippen molar-refractivity contribution in [3.05, 3.63) is 51.9 Å². The predicted octanol–water partition coefficient (Wildman–Crippen LogP) is 4.62. The lowest BCUT2D eigenvalue weighted by Crippen LogP contribution is -2.20. The molecule has 1 aromatic carbocycles. The molecule has 0 unspecified atom stereocenters. The third-order valence-electron chi connectivity index (χ3n) is 3.84. The maximum Gasteiger partial charge on any atom is 0.232 e. The van der Waals surface area contributed by atoms with Crippen LogP contribution in [0.4, 0.5) is 5.00 Å². The molecular weight excluding hydrogens is 292 g/mol. The Morgan fingerprint density at radius 2 is 2.00 bits per heavy atom. The molecular formula is C18H20N2OS. The number of carbonyl (C=O) groups excluding carboxylic acids is 1. The molecule has 0 fully saturated rings. The Hall–Kier alpha value is -2.12. The van der Waals surface area contributed by atoms with Crippen molar-refractivity contribution in [2.24, 2.45) is 0 Å². The number of amides is 1. The third-order valence-corrected chi connectivity index (χ3v) is 4.90. The summed E-state index contributed by atoms with van der Waals surface area (Å²) in [6.07, 6.45) is 1.53. The minimum absolute atomic E-state index is 0.0471. The lowest BCUT2D eigenvalue weighted by Gasteiger charge is -2.14. The molecule has 1 atom stereocenters. The van der Waals surface area contributed by atoms with E-state index in [1.807, 2.05) is 51.1 Å². The molecule has 2 rings (SSSR count). The fourth-order valence-electron chi connectivity index (χ4n) is 2.67. The van der Waals surface area contributed by atoms with Crippen LogP contribution < -0.4 is 5.32 Å². The molecule has 2 aromatic rings. The number of anilines is 1. The van der Waals surface area contributed by atoms with Gasteiger partial charge in [0.15, 0.2) is 0 Å². The Morgan fingerprint density at radius 1 is 1.32 bits per heavy atom.